The van der Waals surface area contributed by atoms with E-state index in [4.69, 9.17) is 4.74 Å². The maximum atomic E-state index is 6.26. The lowest BCUT2D eigenvalue weighted by Crippen LogP contribution is -2.15. The first-order valence-corrected chi connectivity index (χ1v) is 16.6. The number of hydrogen-bond donors (Lipinski definition) is 0. The molecule has 2 atom stereocenters. The maximum absolute atomic E-state index is 6.26. The second-order valence-corrected chi connectivity index (χ2v) is 12.5. The summed E-state index contributed by atoms with van der Waals surface area (Å²) >= 11 is 0. The molecule has 0 radical (unpaired) electrons. The van der Waals surface area contributed by atoms with E-state index in [0.717, 1.165) is 22.8 Å². The van der Waals surface area contributed by atoms with E-state index >= 15 is 0 Å². The van der Waals surface area contributed by atoms with E-state index in [-0.39, 0.29) is 12.0 Å². The Kier molecular flexibility index (Phi) is 6.98. The molecule has 1 aliphatic heterocycles. The Morgan fingerprint density at radius 3 is 1.96 bits per heavy atom. The predicted molar refractivity (Wildman–Crippen MR) is 200 cm³/mol. The molecule has 7 aromatic rings. The summed E-state index contributed by atoms with van der Waals surface area (Å²) < 4.78 is 6.26. The minimum absolute atomic E-state index is 0.0754. The topological polar surface area (TPSA) is 12.5 Å². The van der Waals surface area contributed by atoms with Crippen molar-refractivity contribution >= 4 is 27.8 Å². The first-order valence-electron chi connectivity index (χ1n) is 16.6. The Hall–Kier alpha value is -6.12. The van der Waals surface area contributed by atoms with E-state index in [2.05, 4.69) is 193 Å². The van der Waals surface area contributed by atoms with Crippen LogP contribution in [0.25, 0.3) is 44.2 Å². The third-order valence-electron chi connectivity index (χ3n) is 9.57. The largest absolute Gasteiger partial charge is 0.485 e. The van der Waals surface area contributed by atoms with Gasteiger partial charge in [-0.2, -0.15) is 0 Å². The molecule has 48 heavy (non-hydrogen) atoms. The van der Waals surface area contributed by atoms with Crippen LogP contribution < -0.4 is 9.64 Å². The third kappa shape index (κ3) is 5.09. The molecular weight excluding hydrogens is 583 g/mol. The van der Waals surface area contributed by atoms with Crippen LogP contribution in [0.2, 0.25) is 0 Å². The van der Waals surface area contributed by atoms with Gasteiger partial charge in [0.25, 0.3) is 0 Å². The molecule has 0 amide bonds. The monoisotopic (exact) mass is 615 g/mol. The number of nitrogens with zero attached hydrogens (tertiary/aromatic N) is 1. The van der Waals surface area contributed by atoms with Crippen LogP contribution in [0.5, 0.6) is 5.75 Å². The number of allylic oxidation sites excluding steroid dienone is 2. The number of hydrogen-bond acceptors (Lipinski definition) is 2. The number of anilines is 3. The molecule has 0 aromatic heterocycles. The summed E-state index contributed by atoms with van der Waals surface area (Å²) in [5.41, 5.74) is 11.7. The Labute approximate surface area is 281 Å². The van der Waals surface area contributed by atoms with Crippen LogP contribution in [0.1, 0.15) is 11.5 Å². The molecule has 0 spiro atoms. The Morgan fingerprint density at radius 2 is 1.08 bits per heavy atom. The molecule has 7 aromatic carbocycles. The van der Waals surface area contributed by atoms with Crippen molar-refractivity contribution in [2.45, 2.75) is 12.0 Å². The van der Waals surface area contributed by atoms with Gasteiger partial charge in [0, 0.05) is 28.4 Å². The molecule has 2 heteroatoms. The molecule has 0 fully saturated rings. The van der Waals surface area contributed by atoms with Crippen LogP contribution in [0.3, 0.4) is 0 Å². The van der Waals surface area contributed by atoms with Gasteiger partial charge in [0.2, 0.25) is 0 Å². The SMILES string of the molecule is C1=CC2Oc3ccc(-c4cccc(N(c5ccccc5)c5cc(-c6ccc7ccccc7c6)ccc5-c5ccccc5)c4)cc3C2C=C1. The molecule has 0 saturated heterocycles. The van der Waals surface area contributed by atoms with E-state index in [9.17, 15) is 0 Å². The van der Waals surface area contributed by atoms with E-state index in [0.29, 0.717) is 0 Å². The van der Waals surface area contributed by atoms with Gasteiger partial charge < -0.3 is 9.64 Å². The fourth-order valence-electron chi connectivity index (χ4n) is 7.18. The molecule has 1 heterocycles. The lowest BCUT2D eigenvalue weighted by atomic mass is 9.90. The zero-order chi connectivity index (χ0) is 31.9. The lowest BCUT2D eigenvalue weighted by molar-refractivity contribution is 0.269. The second-order valence-electron chi connectivity index (χ2n) is 12.5. The summed E-state index contributed by atoms with van der Waals surface area (Å²) in [5.74, 6) is 1.23. The van der Waals surface area contributed by atoms with Crippen molar-refractivity contribution < 1.29 is 4.74 Å². The Morgan fingerprint density at radius 1 is 0.438 bits per heavy atom. The maximum Gasteiger partial charge on any atom is 0.128 e. The fourth-order valence-corrected chi connectivity index (χ4v) is 7.18. The number of para-hydroxylation sites is 1. The zero-order valence-corrected chi connectivity index (χ0v) is 26.4. The van der Waals surface area contributed by atoms with Gasteiger partial charge in [-0.15, -0.1) is 0 Å². The van der Waals surface area contributed by atoms with Crippen molar-refractivity contribution in [3.05, 3.63) is 194 Å². The van der Waals surface area contributed by atoms with E-state index in [1.165, 1.54) is 49.7 Å². The number of ether oxygens (including phenoxy) is 1. The third-order valence-corrected chi connectivity index (χ3v) is 9.57. The van der Waals surface area contributed by atoms with E-state index in [1.54, 1.807) is 0 Å². The fraction of sp³-hybridized carbons (Fsp3) is 0.0435. The average molecular weight is 616 g/mol. The minimum Gasteiger partial charge on any atom is -0.485 e. The van der Waals surface area contributed by atoms with Crippen LogP contribution in [0.4, 0.5) is 17.1 Å². The highest BCUT2D eigenvalue weighted by Crippen LogP contribution is 2.46. The summed E-state index contributed by atoms with van der Waals surface area (Å²) in [7, 11) is 0. The minimum atomic E-state index is 0.0754. The van der Waals surface area contributed by atoms with E-state index < -0.39 is 0 Å². The molecule has 0 N–H and O–H groups in total. The molecule has 1 aliphatic carbocycles. The summed E-state index contributed by atoms with van der Waals surface area (Å²) in [4.78, 5) is 2.40. The van der Waals surface area contributed by atoms with Crippen molar-refractivity contribution in [1.29, 1.82) is 0 Å². The Balaban J connectivity index is 1.21. The highest BCUT2D eigenvalue weighted by atomic mass is 16.5. The quantitative estimate of drug-likeness (QED) is 0.185. The molecule has 228 valence electrons. The van der Waals surface area contributed by atoms with Crippen molar-refractivity contribution in [2.24, 2.45) is 0 Å². The average Bonchev–Trinajstić information content (AvgIpc) is 3.54. The predicted octanol–water partition coefficient (Wildman–Crippen LogP) is 12.3. The van der Waals surface area contributed by atoms with Gasteiger partial charge in [-0.25, -0.2) is 0 Å². The number of benzene rings is 7. The first kappa shape index (κ1) is 28.1. The highest BCUT2D eigenvalue weighted by molar-refractivity contribution is 5.93. The number of rotatable bonds is 6. The van der Waals surface area contributed by atoms with Crippen LogP contribution in [-0.2, 0) is 0 Å². The highest BCUT2D eigenvalue weighted by Gasteiger charge is 2.32. The molecule has 2 unspecified atom stereocenters. The molecule has 0 bridgehead atoms. The summed E-state index contributed by atoms with van der Waals surface area (Å²) in [5, 5.41) is 2.48. The molecular formula is C46H33NO. The van der Waals surface area contributed by atoms with Crippen LogP contribution in [0.15, 0.2) is 188 Å². The van der Waals surface area contributed by atoms with Crippen molar-refractivity contribution in [2.75, 3.05) is 4.90 Å². The lowest BCUT2D eigenvalue weighted by Gasteiger charge is -2.29. The van der Waals surface area contributed by atoms with Crippen LogP contribution in [-0.4, -0.2) is 6.10 Å². The van der Waals surface area contributed by atoms with Crippen molar-refractivity contribution in [1.82, 2.24) is 0 Å². The normalized spacial score (nSPS) is 15.9. The Bertz CT molecular complexity index is 2340. The van der Waals surface area contributed by atoms with Crippen LogP contribution >= 0.6 is 0 Å². The van der Waals surface area contributed by atoms with Gasteiger partial charge in [0.1, 0.15) is 11.9 Å². The van der Waals surface area contributed by atoms with Gasteiger partial charge in [0.05, 0.1) is 5.69 Å². The van der Waals surface area contributed by atoms with Crippen molar-refractivity contribution in [3.63, 3.8) is 0 Å². The number of fused-ring (bicyclic) bond motifs is 4. The first-order chi connectivity index (χ1) is 23.8. The standard InChI is InChI=1S/C46H33NO/c1-3-13-33(14-4-1)41-26-24-38(36-23-22-32-12-7-8-15-34(32)28-36)31-44(41)47(39-17-5-2-6-18-39)40-19-11-16-35(29-40)37-25-27-46-43(30-37)42-20-9-10-21-45(42)48-46/h1-31,42,45H. The van der Waals surface area contributed by atoms with Gasteiger partial charge >= 0.3 is 0 Å². The van der Waals surface area contributed by atoms with Gasteiger partial charge in [0.15, 0.2) is 0 Å². The molecule has 9 rings (SSSR count). The smallest absolute Gasteiger partial charge is 0.128 e. The molecule has 2 nitrogen and oxygen atoms in total. The van der Waals surface area contributed by atoms with Crippen molar-refractivity contribution in [3.8, 4) is 39.1 Å². The van der Waals surface area contributed by atoms with Gasteiger partial charge in [-0.3, -0.25) is 0 Å². The summed E-state index contributed by atoms with van der Waals surface area (Å²) in [6.07, 6.45) is 8.68. The van der Waals surface area contributed by atoms with E-state index in [1.807, 2.05) is 0 Å². The zero-order valence-electron chi connectivity index (χ0n) is 26.4. The molecule has 2 aliphatic rings. The van der Waals surface area contributed by atoms with Gasteiger partial charge in [-0.1, -0.05) is 133 Å². The summed E-state index contributed by atoms with van der Waals surface area (Å²) in [6.45, 7) is 0. The summed E-state index contributed by atoms with van der Waals surface area (Å²) in [6, 6.07) is 59.1. The van der Waals surface area contributed by atoms with Crippen LogP contribution in [0, 0.1) is 0 Å². The van der Waals surface area contributed by atoms with Gasteiger partial charge in [-0.05, 0) is 93.2 Å². The molecule has 0 saturated carbocycles. The second kappa shape index (κ2) is 11.9.